The molecule has 176 valence electrons. The predicted octanol–water partition coefficient (Wildman–Crippen LogP) is 4.31. The minimum atomic E-state index is -0.378. The summed E-state index contributed by atoms with van der Waals surface area (Å²) in [6.45, 7) is 0.412. The number of carbonyl (C=O) groups is 3. The standard InChI is InChI=1S/C26H21N3O5S/c30-24(18-13-20(16-6-7-16)28-19-4-2-1-3-17(18)19)27-9-10-29-25(31)23(35-26(29)32)12-15-5-8-21-22(11-15)34-14-33-21/h1-5,8,11-13,16H,6-7,9-10,14H2,(H,27,30)/b23-12-. The van der Waals surface area contributed by atoms with Crippen LogP contribution in [-0.2, 0) is 4.79 Å². The van der Waals surface area contributed by atoms with Crippen molar-refractivity contribution in [1.29, 1.82) is 0 Å². The van der Waals surface area contributed by atoms with Crippen LogP contribution in [0, 0.1) is 0 Å². The van der Waals surface area contributed by atoms with Gasteiger partial charge in [0.25, 0.3) is 17.1 Å². The van der Waals surface area contributed by atoms with Gasteiger partial charge < -0.3 is 14.8 Å². The summed E-state index contributed by atoms with van der Waals surface area (Å²) in [5, 5.41) is 3.29. The molecule has 1 N–H and O–H groups in total. The Kier molecular flexibility index (Phi) is 5.41. The van der Waals surface area contributed by atoms with Gasteiger partial charge in [0.2, 0.25) is 6.79 Å². The number of amides is 3. The van der Waals surface area contributed by atoms with E-state index < -0.39 is 0 Å². The summed E-state index contributed by atoms with van der Waals surface area (Å²) >= 11 is 0.885. The second-order valence-electron chi connectivity index (χ2n) is 8.59. The Morgan fingerprint density at radius 2 is 1.94 bits per heavy atom. The number of pyridine rings is 1. The summed E-state index contributed by atoms with van der Waals surface area (Å²) in [7, 11) is 0. The molecular weight excluding hydrogens is 466 g/mol. The van der Waals surface area contributed by atoms with Crippen molar-refractivity contribution >= 4 is 45.8 Å². The number of rotatable bonds is 6. The minimum absolute atomic E-state index is 0.0907. The van der Waals surface area contributed by atoms with E-state index in [0.29, 0.717) is 27.9 Å². The highest BCUT2D eigenvalue weighted by atomic mass is 32.2. The Labute approximate surface area is 205 Å². The molecule has 3 amide bonds. The SMILES string of the molecule is O=C(NCCN1C(=O)S/C(=C\c2ccc3c(c2)OCO3)C1=O)c1cc(C2CC2)nc2ccccc12. The smallest absolute Gasteiger partial charge is 0.293 e. The van der Waals surface area contributed by atoms with E-state index in [9.17, 15) is 14.4 Å². The second-order valence-corrected chi connectivity index (χ2v) is 9.58. The van der Waals surface area contributed by atoms with Crippen molar-refractivity contribution in [2.45, 2.75) is 18.8 Å². The summed E-state index contributed by atoms with van der Waals surface area (Å²) in [5.41, 5.74) is 3.04. The van der Waals surface area contributed by atoms with Crippen LogP contribution >= 0.6 is 11.8 Å². The largest absolute Gasteiger partial charge is 0.454 e. The zero-order chi connectivity index (χ0) is 23.9. The fourth-order valence-electron chi connectivity index (χ4n) is 4.20. The van der Waals surface area contributed by atoms with Crippen LogP contribution in [0.4, 0.5) is 4.79 Å². The van der Waals surface area contributed by atoms with Crippen molar-refractivity contribution in [2.75, 3.05) is 19.9 Å². The van der Waals surface area contributed by atoms with Gasteiger partial charge in [-0.1, -0.05) is 24.3 Å². The van der Waals surface area contributed by atoms with Gasteiger partial charge in [0, 0.05) is 30.1 Å². The quantitative estimate of drug-likeness (QED) is 0.518. The molecule has 3 aliphatic rings. The number of carbonyl (C=O) groups excluding carboxylic acids is 3. The zero-order valence-electron chi connectivity index (χ0n) is 18.7. The second kappa shape index (κ2) is 8.74. The third-order valence-corrected chi connectivity index (χ3v) is 7.07. The lowest BCUT2D eigenvalue weighted by atomic mass is 10.1. The summed E-state index contributed by atoms with van der Waals surface area (Å²) in [6.07, 6.45) is 3.84. The molecule has 1 saturated carbocycles. The molecule has 6 rings (SSSR count). The molecule has 35 heavy (non-hydrogen) atoms. The number of aromatic nitrogens is 1. The van der Waals surface area contributed by atoms with Crippen molar-refractivity contribution in [3.8, 4) is 11.5 Å². The molecule has 0 unspecified atom stereocenters. The van der Waals surface area contributed by atoms with Crippen LogP contribution in [0.1, 0.15) is 40.4 Å². The number of nitrogens with one attached hydrogen (secondary N) is 1. The minimum Gasteiger partial charge on any atom is -0.454 e. The third-order valence-electron chi connectivity index (χ3n) is 6.17. The van der Waals surface area contributed by atoms with Crippen molar-refractivity contribution in [3.63, 3.8) is 0 Å². The maximum atomic E-state index is 13.0. The Morgan fingerprint density at radius 1 is 1.11 bits per heavy atom. The molecule has 0 bridgehead atoms. The molecule has 0 radical (unpaired) electrons. The van der Waals surface area contributed by atoms with Gasteiger partial charge in [-0.2, -0.15) is 0 Å². The lowest BCUT2D eigenvalue weighted by molar-refractivity contribution is -0.122. The predicted molar refractivity (Wildman–Crippen MR) is 131 cm³/mol. The molecule has 3 aromatic rings. The van der Waals surface area contributed by atoms with E-state index in [1.807, 2.05) is 30.3 Å². The van der Waals surface area contributed by atoms with Crippen LogP contribution in [0.2, 0.25) is 0 Å². The van der Waals surface area contributed by atoms with E-state index in [2.05, 4.69) is 5.32 Å². The van der Waals surface area contributed by atoms with Crippen molar-refractivity contribution < 1.29 is 23.9 Å². The first kappa shape index (κ1) is 21.7. The number of para-hydroxylation sites is 1. The van der Waals surface area contributed by atoms with E-state index >= 15 is 0 Å². The van der Waals surface area contributed by atoms with E-state index in [0.717, 1.165) is 51.7 Å². The normalized spacial score (nSPS) is 18.1. The maximum Gasteiger partial charge on any atom is 0.293 e. The van der Waals surface area contributed by atoms with Gasteiger partial charge in [-0.15, -0.1) is 0 Å². The van der Waals surface area contributed by atoms with Crippen molar-refractivity contribution in [2.24, 2.45) is 0 Å². The molecule has 9 heteroatoms. The molecule has 0 atom stereocenters. The lowest BCUT2D eigenvalue weighted by Gasteiger charge is -2.14. The van der Waals surface area contributed by atoms with Crippen LogP contribution in [-0.4, -0.2) is 46.8 Å². The molecule has 3 heterocycles. The highest BCUT2D eigenvalue weighted by molar-refractivity contribution is 8.18. The first-order valence-corrected chi connectivity index (χ1v) is 12.2. The van der Waals surface area contributed by atoms with Crippen LogP contribution < -0.4 is 14.8 Å². The van der Waals surface area contributed by atoms with E-state index in [4.69, 9.17) is 14.5 Å². The van der Waals surface area contributed by atoms with E-state index in [1.54, 1.807) is 24.3 Å². The maximum absolute atomic E-state index is 13.0. The monoisotopic (exact) mass is 487 g/mol. The highest BCUT2D eigenvalue weighted by Crippen LogP contribution is 2.40. The molecule has 2 fully saturated rings. The van der Waals surface area contributed by atoms with Crippen LogP contribution in [0.15, 0.2) is 53.4 Å². The fraction of sp³-hybridized carbons (Fsp3) is 0.231. The number of ether oxygens (including phenoxy) is 2. The van der Waals surface area contributed by atoms with Crippen LogP contribution in [0.25, 0.3) is 17.0 Å². The Morgan fingerprint density at radius 3 is 2.80 bits per heavy atom. The van der Waals surface area contributed by atoms with Crippen molar-refractivity contribution in [1.82, 2.24) is 15.2 Å². The van der Waals surface area contributed by atoms with Crippen molar-refractivity contribution in [3.05, 3.63) is 70.3 Å². The van der Waals surface area contributed by atoms with E-state index in [-0.39, 0.29) is 36.9 Å². The Hall–Kier alpha value is -3.85. The number of fused-ring (bicyclic) bond motifs is 2. The van der Waals surface area contributed by atoms with E-state index in [1.165, 1.54) is 0 Å². The summed E-state index contributed by atoms with van der Waals surface area (Å²) in [4.78, 5) is 44.5. The summed E-state index contributed by atoms with van der Waals surface area (Å²) < 4.78 is 10.7. The molecule has 0 spiro atoms. The molecule has 8 nitrogen and oxygen atoms in total. The molecule has 2 aromatic carbocycles. The van der Waals surface area contributed by atoms with Crippen LogP contribution in [0.3, 0.4) is 0 Å². The number of hydrogen-bond acceptors (Lipinski definition) is 7. The number of benzene rings is 2. The van der Waals surface area contributed by atoms with Crippen LogP contribution in [0.5, 0.6) is 11.5 Å². The molecule has 1 aliphatic carbocycles. The fourth-order valence-corrected chi connectivity index (χ4v) is 5.06. The molecule has 1 saturated heterocycles. The van der Waals surface area contributed by atoms with Gasteiger partial charge in [0.15, 0.2) is 11.5 Å². The number of thioether (sulfide) groups is 1. The summed E-state index contributed by atoms with van der Waals surface area (Å²) in [6, 6.07) is 14.8. The van der Waals surface area contributed by atoms with Gasteiger partial charge in [-0.3, -0.25) is 24.3 Å². The average molecular weight is 488 g/mol. The molecule has 1 aromatic heterocycles. The third kappa shape index (κ3) is 4.23. The number of nitrogens with zero attached hydrogens (tertiary/aromatic N) is 2. The Bertz CT molecular complexity index is 1420. The highest BCUT2D eigenvalue weighted by Gasteiger charge is 2.35. The number of hydrogen-bond donors (Lipinski definition) is 1. The topological polar surface area (TPSA) is 97.8 Å². The number of imide groups is 1. The van der Waals surface area contributed by atoms with Gasteiger partial charge in [-0.05, 0) is 60.5 Å². The first-order chi connectivity index (χ1) is 17.1. The zero-order valence-corrected chi connectivity index (χ0v) is 19.5. The lowest BCUT2D eigenvalue weighted by Crippen LogP contribution is -2.37. The van der Waals surface area contributed by atoms with Gasteiger partial charge in [0.1, 0.15) is 0 Å². The van der Waals surface area contributed by atoms with Gasteiger partial charge in [0.05, 0.1) is 16.0 Å². The molecule has 2 aliphatic heterocycles. The van der Waals surface area contributed by atoms with Gasteiger partial charge in [-0.25, -0.2) is 0 Å². The Balaban J connectivity index is 1.13. The summed E-state index contributed by atoms with van der Waals surface area (Å²) in [5.74, 6) is 1.05. The average Bonchev–Trinajstić information content (AvgIpc) is 3.56. The molecular formula is C26H21N3O5S. The van der Waals surface area contributed by atoms with Gasteiger partial charge >= 0.3 is 0 Å². The first-order valence-electron chi connectivity index (χ1n) is 11.4.